The number of carbonyl (C=O) groups is 1. The third kappa shape index (κ3) is 4.38. The molecular weight excluding hydrogens is 296 g/mol. The summed E-state index contributed by atoms with van der Waals surface area (Å²) in [5.74, 6) is 3.09. The van der Waals surface area contributed by atoms with Crippen molar-refractivity contribution in [3.63, 3.8) is 0 Å². The predicted octanol–water partition coefficient (Wildman–Crippen LogP) is 3.65. The van der Waals surface area contributed by atoms with Gasteiger partial charge in [-0.1, -0.05) is 26.2 Å². The maximum absolute atomic E-state index is 12.4. The molecule has 0 aromatic rings. The summed E-state index contributed by atoms with van der Waals surface area (Å²) in [5.41, 5.74) is 6.17. The van der Waals surface area contributed by atoms with Crippen LogP contribution in [0.5, 0.6) is 0 Å². The first kappa shape index (κ1) is 18.1. The molecule has 0 heterocycles. The number of hydrogen-bond donors (Lipinski definition) is 2. The summed E-state index contributed by atoms with van der Waals surface area (Å²) in [5, 5.41) is 3.41. The number of amides is 1. The molecule has 0 aromatic carbocycles. The van der Waals surface area contributed by atoms with Gasteiger partial charge in [0.25, 0.3) is 0 Å². The van der Waals surface area contributed by atoms with E-state index in [1.165, 1.54) is 44.9 Å². The zero-order valence-electron chi connectivity index (χ0n) is 13.9. The van der Waals surface area contributed by atoms with Crippen LogP contribution in [0, 0.1) is 23.7 Å². The Bertz CT molecular complexity index is 354. The highest BCUT2D eigenvalue weighted by molar-refractivity contribution is 5.85. The zero-order valence-corrected chi connectivity index (χ0v) is 14.7. The minimum Gasteiger partial charge on any atom is -0.353 e. The molecular formula is C18H33ClN2O. The molecule has 3 N–H and O–H groups in total. The lowest BCUT2D eigenvalue weighted by atomic mass is 9.67. The van der Waals surface area contributed by atoms with Gasteiger partial charge in [0.15, 0.2) is 0 Å². The van der Waals surface area contributed by atoms with E-state index in [9.17, 15) is 4.79 Å². The van der Waals surface area contributed by atoms with E-state index < -0.39 is 0 Å². The van der Waals surface area contributed by atoms with Crippen LogP contribution in [0.15, 0.2) is 0 Å². The molecule has 2 atom stereocenters. The number of carbonyl (C=O) groups excluding carboxylic acids is 1. The van der Waals surface area contributed by atoms with Gasteiger partial charge in [-0.25, -0.2) is 0 Å². The molecule has 4 heteroatoms. The van der Waals surface area contributed by atoms with Crippen molar-refractivity contribution in [2.75, 3.05) is 0 Å². The monoisotopic (exact) mass is 328 g/mol. The highest BCUT2D eigenvalue weighted by atomic mass is 35.5. The largest absolute Gasteiger partial charge is 0.353 e. The first-order chi connectivity index (χ1) is 10.1. The predicted molar refractivity (Wildman–Crippen MR) is 93.0 cm³/mol. The Hall–Kier alpha value is -0.280. The lowest BCUT2D eigenvalue weighted by molar-refractivity contribution is -0.124. The summed E-state index contributed by atoms with van der Waals surface area (Å²) < 4.78 is 0. The molecule has 3 saturated carbocycles. The van der Waals surface area contributed by atoms with Crippen LogP contribution in [-0.4, -0.2) is 18.0 Å². The van der Waals surface area contributed by atoms with Crippen molar-refractivity contribution in [3.8, 4) is 0 Å². The fourth-order valence-electron chi connectivity index (χ4n) is 5.07. The van der Waals surface area contributed by atoms with Gasteiger partial charge in [0.2, 0.25) is 5.91 Å². The van der Waals surface area contributed by atoms with E-state index in [4.69, 9.17) is 5.73 Å². The van der Waals surface area contributed by atoms with Crippen molar-refractivity contribution in [3.05, 3.63) is 0 Å². The maximum atomic E-state index is 12.4. The molecule has 0 radical (unpaired) electrons. The van der Waals surface area contributed by atoms with Crippen LogP contribution in [0.1, 0.15) is 71.1 Å². The van der Waals surface area contributed by atoms with Crippen LogP contribution < -0.4 is 11.1 Å². The van der Waals surface area contributed by atoms with Crippen molar-refractivity contribution in [2.45, 2.75) is 83.2 Å². The molecule has 128 valence electrons. The number of nitrogens with two attached hydrogens (primary N) is 1. The fourth-order valence-corrected chi connectivity index (χ4v) is 5.07. The average Bonchev–Trinajstić information content (AvgIpc) is 2.42. The lowest BCUT2D eigenvalue weighted by Crippen LogP contribution is -2.53. The molecule has 2 unspecified atom stereocenters. The number of halogens is 1. The number of rotatable bonds is 3. The van der Waals surface area contributed by atoms with Crippen molar-refractivity contribution >= 4 is 18.3 Å². The van der Waals surface area contributed by atoms with E-state index in [1.807, 2.05) is 0 Å². The SMILES string of the molecule is CC1CCC(CC(=O)NC2C3CCCC2CC(N)C3)CC1.Cl. The topological polar surface area (TPSA) is 55.1 Å². The van der Waals surface area contributed by atoms with Crippen LogP contribution in [0.3, 0.4) is 0 Å². The van der Waals surface area contributed by atoms with Gasteiger partial charge < -0.3 is 11.1 Å². The van der Waals surface area contributed by atoms with Gasteiger partial charge in [0, 0.05) is 18.5 Å². The van der Waals surface area contributed by atoms with E-state index in [1.54, 1.807) is 0 Å². The molecule has 3 aliphatic carbocycles. The fraction of sp³-hybridized carbons (Fsp3) is 0.944. The molecule has 3 nitrogen and oxygen atoms in total. The maximum Gasteiger partial charge on any atom is 0.220 e. The Morgan fingerprint density at radius 3 is 2.23 bits per heavy atom. The summed E-state index contributed by atoms with van der Waals surface area (Å²) in [7, 11) is 0. The summed E-state index contributed by atoms with van der Waals surface area (Å²) in [6, 6.07) is 0.793. The molecule has 0 aliphatic heterocycles. The second-order valence-electron chi connectivity index (χ2n) is 8.11. The summed E-state index contributed by atoms with van der Waals surface area (Å²) in [6.07, 6.45) is 11.9. The number of nitrogens with one attached hydrogen (secondary N) is 1. The first-order valence-electron chi connectivity index (χ1n) is 9.16. The van der Waals surface area contributed by atoms with Gasteiger partial charge >= 0.3 is 0 Å². The number of fused-ring (bicyclic) bond motifs is 2. The van der Waals surface area contributed by atoms with Crippen molar-refractivity contribution in [1.82, 2.24) is 5.32 Å². The summed E-state index contributed by atoms with van der Waals surface area (Å²) in [4.78, 5) is 12.4. The van der Waals surface area contributed by atoms with E-state index >= 15 is 0 Å². The Morgan fingerprint density at radius 2 is 1.64 bits per heavy atom. The molecule has 0 spiro atoms. The van der Waals surface area contributed by atoms with Crippen molar-refractivity contribution in [2.24, 2.45) is 29.4 Å². The molecule has 1 amide bonds. The second kappa shape index (κ2) is 8.01. The van der Waals surface area contributed by atoms with Gasteiger partial charge in [-0.15, -0.1) is 12.4 Å². The molecule has 3 fully saturated rings. The van der Waals surface area contributed by atoms with Gasteiger partial charge in [0.1, 0.15) is 0 Å². The van der Waals surface area contributed by atoms with Gasteiger partial charge in [0.05, 0.1) is 0 Å². The zero-order chi connectivity index (χ0) is 14.8. The first-order valence-corrected chi connectivity index (χ1v) is 9.16. The minimum absolute atomic E-state index is 0. The van der Waals surface area contributed by atoms with Crippen molar-refractivity contribution < 1.29 is 4.79 Å². The Balaban J connectivity index is 0.00000176. The Morgan fingerprint density at radius 1 is 1.05 bits per heavy atom. The van der Waals surface area contributed by atoms with Crippen molar-refractivity contribution in [1.29, 1.82) is 0 Å². The van der Waals surface area contributed by atoms with E-state index in [0.29, 0.717) is 35.7 Å². The van der Waals surface area contributed by atoms with E-state index in [-0.39, 0.29) is 12.4 Å². The molecule has 3 rings (SSSR count). The van der Waals surface area contributed by atoms with Crippen LogP contribution >= 0.6 is 12.4 Å². The third-order valence-corrected chi connectivity index (χ3v) is 6.31. The van der Waals surface area contributed by atoms with Gasteiger partial charge in [-0.05, 0) is 62.2 Å². The Kier molecular flexibility index (Phi) is 6.58. The molecule has 2 bridgehead atoms. The Labute approximate surface area is 141 Å². The molecule has 22 heavy (non-hydrogen) atoms. The van der Waals surface area contributed by atoms with Crippen LogP contribution in [0.2, 0.25) is 0 Å². The van der Waals surface area contributed by atoms with Gasteiger partial charge in [-0.2, -0.15) is 0 Å². The highest BCUT2D eigenvalue weighted by Crippen LogP contribution is 2.40. The normalized spacial score (nSPS) is 41.4. The standard InChI is InChI=1S/C18H32N2O.ClH/c1-12-5-7-13(8-6-12)9-17(21)20-18-14-3-2-4-15(18)11-16(19)10-14;/h12-16,18H,2-11,19H2,1H3,(H,20,21);1H. The highest BCUT2D eigenvalue weighted by Gasteiger charge is 2.40. The van der Waals surface area contributed by atoms with Crippen LogP contribution in [0.25, 0.3) is 0 Å². The second-order valence-corrected chi connectivity index (χ2v) is 8.11. The van der Waals surface area contributed by atoms with Crippen LogP contribution in [-0.2, 0) is 4.79 Å². The average molecular weight is 329 g/mol. The quantitative estimate of drug-likeness (QED) is 0.831. The lowest BCUT2D eigenvalue weighted by Gasteiger charge is -2.45. The summed E-state index contributed by atoms with van der Waals surface area (Å²) in [6.45, 7) is 2.34. The summed E-state index contributed by atoms with van der Waals surface area (Å²) >= 11 is 0. The van der Waals surface area contributed by atoms with E-state index in [2.05, 4.69) is 12.2 Å². The molecule has 3 aliphatic rings. The molecule has 0 aromatic heterocycles. The smallest absolute Gasteiger partial charge is 0.220 e. The third-order valence-electron chi connectivity index (χ3n) is 6.31. The van der Waals surface area contributed by atoms with Crippen LogP contribution in [0.4, 0.5) is 0 Å². The number of hydrogen-bond acceptors (Lipinski definition) is 2. The molecule has 0 saturated heterocycles. The van der Waals surface area contributed by atoms with E-state index in [0.717, 1.165) is 25.2 Å². The minimum atomic E-state index is 0. The van der Waals surface area contributed by atoms with Gasteiger partial charge in [-0.3, -0.25) is 4.79 Å².